The van der Waals surface area contributed by atoms with E-state index in [9.17, 15) is 14.7 Å². The molecule has 0 aliphatic rings. The van der Waals surface area contributed by atoms with E-state index in [2.05, 4.69) is 0 Å². The highest BCUT2D eigenvalue weighted by Crippen LogP contribution is 2.14. The Morgan fingerprint density at radius 2 is 2.06 bits per heavy atom. The zero-order chi connectivity index (χ0) is 13.0. The van der Waals surface area contributed by atoms with E-state index < -0.39 is 17.9 Å². The number of aliphatic carboxylic acids is 1. The average molecular weight is 237 g/mol. The van der Waals surface area contributed by atoms with Crippen LogP contribution in [0.4, 0.5) is 0 Å². The van der Waals surface area contributed by atoms with Crippen molar-refractivity contribution < 1.29 is 19.8 Å². The number of rotatable bonds is 4. The van der Waals surface area contributed by atoms with Crippen molar-refractivity contribution >= 4 is 11.9 Å². The number of phenols is 1. The van der Waals surface area contributed by atoms with Gasteiger partial charge in [0, 0.05) is 12.6 Å². The molecule has 0 aliphatic heterocycles. The molecule has 0 heterocycles. The largest absolute Gasteiger partial charge is 0.508 e. The Kier molecular flexibility index (Phi) is 4.09. The van der Waals surface area contributed by atoms with Gasteiger partial charge in [-0.25, -0.2) is 4.79 Å². The maximum absolute atomic E-state index is 12.0. The number of hydrogen-bond donors (Lipinski definition) is 2. The van der Waals surface area contributed by atoms with Crippen molar-refractivity contribution in [3.05, 3.63) is 29.8 Å². The predicted octanol–water partition coefficient (Wildman–Crippen LogP) is 1.33. The lowest BCUT2D eigenvalue weighted by molar-refractivity contribution is -0.142. The first kappa shape index (κ1) is 13.0. The SMILES string of the molecule is CCC(C(=O)O)N(C)C(=O)c1cccc(O)c1. The summed E-state index contributed by atoms with van der Waals surface area (Å²) in [5, 5.41) is 18.2. The summed E-state index contributed by atoms with van der Waals surface area (Å²) in [4.78, 5) is 24.0. The second-order valence-corrected chi connectivity index (χ2v) is 3.73. The molecule has 2 N–H and O–H groups in total. The summed E-state index contributed by atoms with van der Waals surface area (Å²) in [7, 11) is 1.44. The van der Waals surface area contributed by atoms with Gasteiger partial charge in [0.2, 0.25) is 0 Å². The highest BCUT2D eigenvalue weighted by Gasteiger charge is 2.25. The molecule has 0 fully saturated rings. The molecule has 0 saturated heterocycles. The zero-order valence-corrected chi connectivity index (χ0v) is 9.75. The molecule has 1 atom stereocenters. The normalized spacial score (nSPS) is 11.9. The second kappa shape index (κ2) is 5.34. The van der Waals surface area contributed by atoms with Crippen molar-refractivity contribution in [2.45, 2.75) is 19.4 Å². The van der Waals surface area contributed by atoms with Gasteiger partial charge in [-0.1, -0.05) is 13.0 Å². The summed E-state index contributed by atoms with van der Waals surface area (Å²) in [5.41, 5.74) is 0.271. The van der Waals surface area contributed by atoms with E-state index in [4.69, 9.17) is 5.11 Å². The number of carbonyl (C=O) groups is 2. The average Bonchev–Trinajstić information content (AvgIpc) is 2.28. The van der Waals surface area contributed by atoms with Gasteiger partial charge < -0.3 is 15.1 Å². The molecule has 1 aromatic carbocycles. The molecule has 0 aliphatic carbocycles. The summed E-state index contributed by atoms with van der Waals surface area (Å²) in [6, 6.07) is 4.98. The van der Waals surface area contributed by atoms with Gasteiger partial charge in [-0.3, -0.25) is 4.79 Å². The Hall–Kier alpha value is -2.04. The lowest BCUT2D eigenvalue weighted by Crippen LogP contribution is -2.41. The molecule has 5 nitrogen and oxygen atoms in total. The van der Waals surface area contributed by atoms with Crippen molar-refractivity contribution in [2.75, 3.05) is 7.05 Å². The Bertz CT molecular complexity index is 430. The van der Waals surface area contributed by atoms with Crippen LogP contribution in [0, 0.1) is 0 Å². The van der Waals surface area contributed by atoms with Gasteiger partial charge >= 0.3 is 5.97 Å². The molecule has 0 spiro atoms. The van der Waals surface area contributed by atoms with Crippen LogP contribution in [0.1, 0.15) is 23.7 Å². The number of carboxylic acids is 1. The van der Waals surface area contributed by atoms with E-state index in [1.54, 1.807) is 6.92 Å². The van der Waals surface area contributed by atoms with E-state index in [-0.39, 0.29) is 11.3 Å². The third-order valence-corrected chi connectivity index (χ3v) is 2.55. The molecule has 0 aromatic heterocycles. The van der Waals surface area contributed by atoms with Gasteiger partial charge in [0.05, 0.1) is 0 Å². The molecule has 1 amide bonds. The molecule has 1 aromatic rings. The van der Waals surface area contributed by atoms with Crippen LogP contribution in [-0.2, 0) is 4.79 Å². The topological polar surface area (TPSA) is 77.8 Å². The molecular weight excluding hydrogens is 222 g/mol. The third kappa shape index (κ3) is 2.96. The third-order valence-electron chi connectivity index (χ3n) is 2.55. The fourth-order valence-electron chi connectivity index (χ4n) is 1.60. The van der Waals surface area contributed by atoms with Gasteiger partial charge in [-0.2, -0.15) is 0 Å². The molecule has 17 heavy (non-hydrogen) atoms. The fourth-order valence-corrected chi connectivity index (χ4v) is 1.60. The summed E-state index contributed by atoms with van der Waals surface area (Å²) in [6.45, 7) is 1.70. The Morgan fingerprint density at radius 1 is 1.41 bits per heavy atom. The van der Waals surface area contributed by atoms with Gasteiger partial charge in [-0.05, 0) is 24.6 Å². The number of aromatic hydroxyl groups is 1. The molecule has 1 unspecified atom stereocenters. The standard InChI is InChI=1S/C12H15NO4/c1-3-10(12(16)17)13(2)11(15)8-5-4-6-9(14)7-8/h4-7,10,14H,3H2,1-2H3,(H,16,17). The molecule has 92 valence electrons. The number of nitrogens with zero attached hydrogens (tertiary/aromatic N) is 1. The quantitative estimate of drug-likeness (QED) is 0.828. The molecular formula is C12H15NO4. The van der Waals surface area contributed by atoms with Crippen LogP contribution in [0.5, 0.6) is 5.75 Å². The van der Waals surface area contributed by atoms with E-state index in [0.29, 0.717) is 6.42 Å². The first-order valence-corrected chi connectivity index (χ1v) is 5.26. The van der Waals surface area contributed by atoms with E-state index in [0.717, 1.165) is 4.90 Å². The van der Waals surface area contributed by atoms with Crippen LogP contribution in [-0.4, -0.2) is 40.1 Å². The van der Waals surface area contributed by atoms with Gasteiger partial charge in [0.1, 0.15) is 11.8 Å². The molecule has 0 radical (unpaired) electrons. The zero-order valence-electron chi connectivity index (χ0n) is 9.75. The lowest BCUT2D eigenvalue weighted by Gasteiger charge is -2.23. The molecule has 5 heteroatoms. The van der Waals surface area contributed by atoms with E-state index >= 15 is 0 Å². The maximum Gasteiger partial charge on any atom is 0.326 e. The second-order valence-electron chi connectivity index (χ2n) is 3.73. The highest BCUT2D eigenvalue weighted by molar-refractivity contribution is 5.96. The predicted molar refractivity (Wildman–Crippen MR) is 61.9 cm³/mol. The minimum absolute atomic E-state index is 0.0207. The fraction of sp³-hybridized carbons (Fsp3) is 0.333. The first-order valence-electron chi connectivity index (χ1n) is 5.26. The minimum Gasteiger partial charge on any atom is -0.508 e. The number of amides is 1. The van der Waals surface area contributed by atoms with Gasteiger partial charge in [0.15, 0.2) is 0 Å². The summed E-state index contributed by atoms with van der Waals surface area (Å²) < 4.78 is 0. The maximum atomic E-state index is 12.0. The van der Waals surface area contributed by atoms with Crippen LogP contribution in [0.25, 0.3) is 0 Å². The monoisotopic (exact) mass is 237 g/mol. The Morgan fingerprint density at radius 3 is 2.53 bits per heavy atom. The number of carbonyl (C=O) groups excluding carboxylic acids is 1. The number of hydrogen-bond acceptors (Lipinski definition) is 3. The molecule has 0 bridgehead atoms. The van der Waals surface area contributed by atoms with Crippen molar-refractivity contribution in [1.29, 1.82) is 0 Å². The summed E-state index contributed by atoms with van der Waals surface area (Å²) in [5.74, 6) is -1.48. The van der Waals surface area contributed by atoms with E-state index in [1.165, 1.54) is 31.3 Å². The van der Waals surface area contributed by atoms with E-state index in [1.807, 2.05) is 0 Å². The molecule has 0 saturated carbocycles. The number of benzene rings is 1. The van der Waals surface area contributed by atoms with Crippen molar-refractivity contribution in [2.24, 2.45) is 0 Å². The van der Waals surface area contributed by atoms with Crippen LogP contribution >= 0.6 is 0 Å². The van der Waals surface area contributed by atoms with Crippen LogP contribution in [0.3, 0.4) is 0 Å². The lowest BCUT2D eigenvalue weighted by atomic mass is 10.1. The van der Waals surface area contributed by atoms with Crippen molar-refractivity contribution in [3.63, 3.8) is 0 Å². The van der Waals surface area contributed by atoms with Crippen molar-refractivity contribution in [1.82, 2.24) is 4.90 Å². The first-order chi connectivity index (χ1) is 7.97. The van der Waals surface area contributed by atoms with Gasteiger partial charge in [0.25, 0.3) is 5.91 Å². The summed E-state index contributed by atoms with van der Waals surface area (Å²) >= 11 is 0. The Labute approximate surface area is 99.3 Å². The Balaban J connectivity index is 2.93. The van der Waals surface area contributed by atoms with Crippen LogP contribution in [0.2, 0.25) is 0 Å². The van der Waals surface area contributed by atoms with Crippen LogP contribution in [0.15, 0.2) is 24.3 Å². The number of phenolic OH excluding ortho intramolecular Hbond substituents is 1. The molecule has 1 rings (SSSR count). The van der Waals surface area contributed by atoms with Gasteiger partial charge in [-0.15, -0.1) is 0 Å². The van der Waals surface area contributed by atoms with Crippen LogP contribution < -0.4 is 0 Å². The smallest absolute Gasteiger partial charge is 0.326 e. The summed E-state index contributed by atoms with van der Waals surface area (Å²) in [6.07, 6.45) is 0.330. The highest BCUT2D eigenvalue weighted by atomic mass is 16.4. The number of carboxylic acid groups (broad SMARTS) is 1. The minimum atomic E-state index is -1.04. The van der Waals surface area contributed by atoms with Crippen molar-refractivity contribution in [3.8, 4) is 5.75 Å². The number of likely N-dealkylation sites (N-methyl/N-ethyl adjacent to an activating group) is 1.